The summed E-state index contributed by atoms with van der Waals surface area (Å²) in [6.45, 7) is 5.81. The van der Waals surface area contributed by atoms with Crippen LogP contribution in [0.25, 0.3) is 0 Å². The van der Waals surface area contributed by atoms with Crippen molar-refractivity contribution in [3.8, 4) is 5.75 Å². The first-order valence-corrected chi connectivity index (χ1v) is 7.96. The molecule has 0 aromatic heterocycles. The summed E-state index contributed by atoms with van der Waals surface area (Å²) < 4.78 is 5.39. The normalized spacial score (nSPS) is 12.9. The summed E-state index contributed by atoms with van der Waals surface area (Å²) in [6, 6.07) is 16.2. The monoisotopic (exact) mass is 325 g/mol. The van der Waals surface area contributed by atoms with E-state index in [4.69, 9.17) is 4.74 Å². The van der Waals surface area contributed by atoms with E-state index >= 15 is 0 Å². The third-order valence-electron chi connectivity index (χ3n) is 3.71. The second-order valence-electron chi connectivity index (χ2n) is 5.64. The van der Waals surface area contributed by atoms with Crippen LogP contribution in [0.1, 0.15) is 22.8 Å². The predicted molar refractivity (Wildman–Crippen MR) is 95.2 cm³/mol. The molecule has 0 aliphatic carbocycles. The van der Waals surface area contributed by atoms with Crippen molar-refractivity contribution in [3.63, 3.8) is 0 Å². The molecule has 2 rings (SSSR count). The first kappa shape index (κ1) is 17.8. The van der Waals surface area contributed by atoms with Gasteiger partial charge in [-0.25, -0.2) is 0 Å². The summed E-state index contributed by atoms with van der Waals surface area (Å²) >= 11 is 0. The Morgan fingerprint density at radius 2 is 1.88 bits per heavy atom. The Hall–Kier alpha value is -2.59. The van der Waals surface area contributed by atoms with Crippen LogP contribution in [-0.2, 0) is 6.42 Å². The minimum absolute atomic E-state index is 0.218. The van der Waals surface area contributed by atoms with Crippen molar-refractivity contribution in [3.05, 3.63) is 78.4 Å². The van der Waals surface area contributed by atoms with Gasteiger partial charge < -0.3 is 15.2 Å². The molecule has 2 N–H and O–H groups in total. The highest BCUT2D eigenvalue weighted by molar-refractivity contribution is 5.94. The Balaban J connectivity index is 1.89. The van der Waals surface area contributed by atoms with Gasteiger partial charge in [-0.2, -0.15) is 0 Å². The van der Waals surface area contributed by atoms with Crippen molar-refractivity contribution in [1.82, 2.24) is 5.32 Å². The zero-order chi connectivity index (χ0) is 17.4. The van der Waals surface area contributed by atoms with Gasteiger partial charge >= 0.3 is 0 Å². The average Bonchev–Trinajstić information content (AvgIpc) is 2.61. The van der Waals surface area contributed by atoms with E-state index in [1.165, 1.54) is 0 Å². The Morgan fingerprint density at radius 1 is 1.21 bits per heavy atom. The molecule has 2 aromatic carbocycles. The molecular weight excluding hydrogens is 302 g/mol. The number of rotatable bonds is 8. The number of amides is 1. The van der Waals surface area contributed by atoms with Crippen LogP contribution in [0.2, 0.25) is 0 Å². The maximum atomic E-state index is 12.3. The number of aliphatic hydroxyl groups is 1. The number of aliphatic hydroxyl groups excluding tert-OH is 1. The van der Waals surface area contributed by atoms with Gasteiger partial charge in [0.2, 0.25) is 0 Å². The fourth-order valence-electron chi connectivity index (χ4n) is 2.28. The van der Waals surface area contributed by atoms with Crippen LogP contribution in [0.15, 0.2) is 67.3 Å². The lowest BCUT2D eigenvalue weighted by Crippen LogP contribution is -2.42. The molecule has 0 fully saturated rings. The Morgan fingerprint density at radius 3 is 2.50 bits per heavy atom. The maximum Gasteiger partial charge on any atom is 0.251 e. The second-order valence-corrected chi connectivity index (χ2v) is 5.64. The summed E-state index contributed by atoms with van der Waals surface area (Å²) in [5, 5.41) is 13.1. The lowest BCUT2D eigenvalue weighted by molar-refractivity contribution is 0.0852. The zero-order valence-electron chi connectivity index (χ0n) is 13.8. The van der Waals surface area contributed by atoms with Gasteiger partial charge in [-0.05, 0) is 36.8 Å². The van der Waals surface area contributed by atoms with Crippen LogP contribution in [-0.4, -0.2) is 29.8 Å². The summed E-state index contributed by atoms with van der Waals surface area (Å²) in [6.07, 6.45) is 1.51. The number of nitrogens with one attached hydrogen (secondary N) is 1. The fourth-order valence-corrected chi connectivity index (χ4v) is 2.28. The number of carbonyl (C=O) groups excluding carboxylic acids is 1. The summed E-state index contributed by atoms with van der Waals surface area (Å²) in [5.74, 6) is 0.466. The van der Waals surface area contributed by atoms with E-state index in [9.17, 15) is 9.90 Å². The van der Waals surface area contributed by atoms with Crippen LogP contribution < -0.4 is 10.1 Å². The summed E-state index contributed by atoms with van der Waals surface area (Å²) in [5.41, 5.74) is 1.56. The Bertz CT molecular complexity index is 652. The van der Waals surface area contributed by atoms with Crippen LogP contribution in [0.4, 0.5) is 0 Å². The molecule has 2 aromatic rings. The number of hydrogen-bond donors (Lipinski definition) is 2. The van der Waals surface area contributed by atoms with E-state index in [1.54, 1.807) is 37.3 Å². The van der Waals surface area contributed by atoms with Crippen LogP contribution >= 0.6 is 0 Å². The molecule has 2 atom stereocenters. The van der Waals surface area contributed by atoms with E-state index < -0.39 is 6.10 Å². The van der Waals surface area contributed by atoms with Gasteiger partial charge in [0, 0.05) is 12.0 Å². The van der Waals surface area contributed by atoms with Gasteiger partial charge in [-0.3, -0.25) is 4.79 Å². The number of hydrogen-bond acceptors (Lipinski definition) is 3. The third-order valence-corrected chi connectivity index (χ3v) is 3.71. The highest BCUT2D eigenvalue weighted by atomic mass is 16.5. The van der Waals surface area contributed by atoms with Gasteiger partial charge in [0.15, 0.2) is 0 Å². The molecule has 0 heterocycles. The topological polar surface area (TPSA) is 58.6 Å². The number of ether oxygens (including phenoxy) is 1. The van der Waals surface area contributed by atoms with E-state index in [0.29, 0.717) is 24.3 Å². The maximum absolute atomic E-state index is 12.3. The second kappa shape index (κ2) is 8.89. The molecule has 0 bridgehead atoms. The van der Waals surface area contributed by atoms with Gasteiger partial charge in [-0.1, -0.05) is 43.0 Å². The molecule has 0 saturated heterocycles. The summed E-state index contributed by atoms with van der Waals surface area (Å²) in [7, 11) is 0. The molecule has 24 heavy (non-hydrogen) atoms. The highest BCUT2D eigenvalue weighted by Crippen LogP contribution is 2.13. The number of benzene rings is 2. The standard InChI is InChI=1S/C20H23NO3/c1-3-13-24-18-11-9-17(10-12-18)20(23)21-15(2)19(22)14-16-7-5-4-6-8-16/h3-12,15,19,22H,1,13-14H2,2H3,(H,21,23). The molecule has 1 amide bonds. The molecular formula is C20H23NO3. The van der Waals surface area contributed by atoms with E-state index in [2.05, 4.69) is 11.9 Å². The largest absolute Gasteiger partial charge is 0.490 e. The van der Waals surface area contributed by atoms with E-state index in [0.717, 1.165) is 5.56 Å². The summed E-state index contributed by atoms with van der Waals surface area (Å²) in [4.78, 5) is 12.3. The van der Waals surface area contributed by atoms with Crippen molar-refractivity contribution >= 4 is 5.91 Å². The molecule has 0 spiro atoms. The smallest absolute Gasteiger partial charge is 0.251 e. The Labute approximate surface area is 142 Å². The van der Waals surface area contributed by atoms with Crippen LogP contribution in [0.5, 0.6) is 5.75 Å². The minimum atomic E-state index is -0.647. The SMILES string of the molecule is C=CCOc1ccc(C(=O)NC(C)C(O)Cc2ccccc2)cc1. The van der Waals surface area contributed by atoms with Crippen LogP contribution in [0.3, 0.4) is 0 Å². The molecule has 2 unspecified atom stereocenters. The molecule has 0 saturated carbocycles. The lowest BCUT2D eigenvalue weighted by Gasteiger charge is -2.20. The van der Waals surface area contributed by atoms with Crippen molar-refractivity contribution in [1.29, 1.82) is 0 Å². The zero-order valence-corrected chi connectivity index (χ0v) is 13.8. The quantitative estimate of drug-likeness (QED) is 0.734. The highest BCUT2D eigenvalue weighted by Gasteiger charge is 2.17. The van der Waals surface area contributed by atoms with Gasteiger partial charge in [-0.15, -0.1) is 0 Å². The van der Waals surface area contributed by atoms with Gasteiger partial charge in [0.25, 0.3) is 5.91 Å². The molecule has 0 radical (unpaired) electrons. The van der Waals surface area contributed by atoms with Crippen molar-refractivity contribution < 1.29 is 14.6 Å². The molecule has 126 valence electrons. The third kappa shape index (κ3) is 5.25. The molecule has 4 heteroatoms. The first-order valence-electron chi connectivity index (χ1n) is 7.96. The number of carbonyl (C=O) groups is 1. The van der Waals surface area contributed by atoms with Crippen molar-refractivity contribution in [2.24, 2.45) is 0 Å². The van der Waals surface area contributed by atoms with Gasteiger partial charge in [0.1, 0.15) is 12.4 Å². The molecule has 0 aliphatic rings. The fraction of sp³-hybridized carbons (Fsp3) is 0.250. The molecule has 4 nitrogen and oxygen atoms in total. The van der Waals surface area contributed by atoms with Crippen LogP contribution in [0, 0.1) is 0 Å². The van der Waals surface area contributed by atoms with E-state index in [-0.39, 0.29) is 11.9 Å². The van der Waals surface area contributed by atoms with Gasteiger partial charge in [0.05, 0.1) is 12.1 Å². The van der Waals surface area contributed by atoms with E-state index in [1.807, 2.05) is 30.3 Å². The average molecular weight is 325 g/mol. The first-order chi connectivity index (χ1) is 11.6. The van der Waals surface area contributed by atoms with Crippen molar-refractivity contribution in [2.45, 2.75) is 25.5 Å². The molecule has 0 aliphatic heterocycles. The lowest BCUT2D eigenvalue weighted by atomic mass is 10.0. The minimum Gasteiger partial charge on any atom is -0.490 e. The Kier molecular flexibility index (Phi) is 6.58. The van der Waals surface area contributed by atoms with Crippen molar-refractivity contribution in [2.75, 3.05) is 6.61 Å². The predicted octanol–water partition coefficient (Wildman–Crippen LogP) is 2.97.